The van der Waals surface area contributed by atoms with E-state index in [1.54, 1.807) is 36.4 Å². The lowest BCUT2D eigenvalue weighted by Crippen LogP contribution is -2.35. The van der Waals surface area contributed by atoms with Crippen LogP contribution in [0.15, 0.2) is 42.5 Å². The van der Waals surface area contributed by atoms with Gasteiger partial charge in [0.15, 0.2) is 0 Å². The van der Waals surface area contributed by atoms with Crippen LogP contribution in [0.3, 0.4) is 0 Å². The largest absolute Gasteiger partial charge is 0.463 e. The number of nitrogens with zero attached hydrogens (tertiary/aromatic N) is 2. The highest BCUT2D eigenvalue weighted by molar-refractivity contribution is 5.90. The van der Waals surface area contributed by atoms with Crippen molar-refractivity contribution in [1.82, 2.24) is 0 Å². The number of nitrogens with two attached hydrogens (primary N) is 1. The van der Waals surface area contributed by atoms with E-state index >= 15 is 0 Å². The molecule has 0 unspecified atom stereocenters. The van der Waals surface area contributed by atoms with Gasteiger partial charge >= 0.3 is 6.09 Å². The molecule has 2 aromatic carbocycles. The maximum atomic E-state index is 11.4. The van der Waals surface area contributed by atoms with Gasteiger partial charge in [-0.3, -0.25) is 5.43 Å². The van der Waals surface area contributed by atoms with Crippen molar-refractivity contribution in [1.29, 1.82) is 5.26 Å². The van der Waals surface area contributed by atoms with Gasteiger partial charge in [-0.05, 0) is 42.8 Å². The molecule has 106 valence electrons. The predicted octanol–water partition coefficient (Wildman–Crippen LogP) is 2.96. The first-order valence-electron chi connectivity index (χ1n) is 6.18. The molecule has 0 aromatic heterocycles. The minimum absolute atomic E-state index is 0.393. The smallest absolute Gasteiger partial charge is 0.430 e. The van der Waals surface area contributed by atoms with E-state index in [1.165, 1.54) is 0 Å². The van der Waals surface area contributed by atoms with Crippen LogP contribution >= 0.6 is 0 Å². The molecule has 4 N–H and O–H groups in total. The Morgan fingerprint density at radius 2 is 1.95 bits per heavy atom. The number of hydrogen-bond acceptors (Lipinski definition) is 4. The van der Waals surface area contributed by atoms with Gasteiger partial charge in [0, 0.05) is 0 Å². The average molecular weight is 282 g/mol. The van der Waals surface area contributed by atoms with Crippen LogP contribution < -0.4 is 16.2 Å². The summed E-state index contributed by atoms with van der Waals surface area (Å²) in [5.41, 5.74) is 11.3. The molecule has 0 aliphatic rings. The summed E-state index contributed by atoms with van der Waals surface area (Å²) < 4.78 is 0. The lowest BCUT2D eigenvalue weighted by molar-refractivity contribution is 0.203. The second-order valence-corrected chi connectivity index (χ2v) is 4.43. The van der Waals surface area contributed by atoms with E-state index in [0.717, 1.165) is 10.6 Å². The topological polar surface area (TPSA) is 102 Å². The Hall–Kier alpha value is -3.20. The number of hydrazine groups is 1. The number of carboxylic acid groups (broad SMARTS) is 1. The average Bonchev–Trinajstić information content (AvgIpc) is 2.47. The highest BCUT2D eigenvalue weighted by Crippen LogP contribution is 2.25. The molecule has 6 heteroatoms. The number of rotatable bonds is 3. The summed E-state index contributed by atoms with van der Waals surface area (Å²) in [7, 11) is 0. The van der Waals surface area contributed by atoms with Crippen LogP contribution in [0.4, 0.5) is 21.9 Å². The van der Waals surface area contributed by atoms with E-state index in [9.17, 15) is 9.90 Å². The van der Waals surface area contributed by atoms with E-state index in [4.69, 9.17) is 11.0 Å². The van der Waals surface area contributed by atoms with E-state index in [-0.39, 0.29) is 0 Å². The summed E-state index contributed by atoms with van der Waals surface area (Å²) >= 11 is 0. The molecule has 0 radical (unpaired) electrons. The molecule has 2 rings (SSSR count). The number of anilines is 3. The number of nitrogen functional groups attached to an aromatic ring is 1. The molecule has 0 bridgehead atoms. The number of benzene rings is 2. The van der Waals surface area contributed by atoms with E-state index in [1.807, 2.05) is 19.1 Å². The number of hydrogen-bond donors (Lipinski definition) is 3. The lowest BCUT2D eigenvalue weighted by Gasteiger charge is -2.23. The second-order valence-electron chi connectivity index (χ2n) is 4.43. The number of para-hydroxylation sites is 1. The van der Waals surface area contributed by atoms with Crippen molar-refractivity contribution >= 4 is 23.2 Å². The van der Waals surface area contributed by atoms with Crippen LogP contribution in [0.1, 0.15) is 11.1 Å². The van der Waals surface area contributed by atoms with Gasteiger partial charge in [0.2, 0.25) is 0 Å². The Bertz CT molecular complexity index is 684. The SMILES string of the molecule is Cc1cccc(N)c1NN(C(=O)O)c1ccc(C#N)cc1. The fourth-order valence-corrected chi connectivity index (χ4v) is 1.86. The van der Waals surface area contributed by atoms with Gasteiger partial charge in [0.1, 0.15) is 0 Å². The minimum Gasteiger partial charge on any atom is -0.463 e. The molecule has 0 heterocycles. The first kappa shape index (κ1) is 14.2. The zero-order chi connectivity index (χ0) is 15.4. The quantitative estimate of drug-likeness (QED) is 0.593. The third kappa shape index (κ3) is 3.04. The summed E-state index contributed by atoms with van der Waals surface area (Å²) in [6.07, 6.45) is -1.18. The Morgan fingerprint density at radius 1 is 1.29 bits per heavy atom. The van der Waals surface area contributed by atoms with E-state index < -0.39 is 6.09 Å². The summed E-state index contributed by atoms with van der Waals surface area (Å²) in [5, 5.41) is 19.1. The van der Waals surface area contributed by atoms with Crippen LogP contribution in [-0.4, -0.2) is 11.2 Å². The molecule has 21 heavy (non-hydrogen) atoms. The standard InChI is InChI=1S/C15H14N4O2/c1-10-3-2-4-13(17)14(10)18-19(15(20)21)12-7-5-11(9-16)6-8-12/h2-8,18H,17H2,1H3,(H,20,21). The fraction of sp³-hybridized carbons (Fsp3) is 0.0667. The van der Waals surface area contributed by atoms with Gasteiger partial charge in [-0.15, -0.1) is 0 Å². The molecule has 0 fully saturated rings. The molecule has 1 amide bonds. The number of aryl methyl sites for hydroxylation is 1. The minimum atomic E-state index is -1.18. The van der Waals surface area contributed by atoms with Gasteiger partial charge in [-0.25, -0.2) is 4.79 Å². The van der Waals surface area contributed by atoms with Crippen LogP contribution in [-0.2, 0) is 0 Å². The molecule has 0 aliphatic heterocycles. The molecule has 0 saturated heterocycles. The first-order valence-corrected chi connectivity index (χ1v) is 6.18. The molecule has 6 nitrogen and oxygen atoms in total. The van der Waals surface area contributed by atoms with Crippen LogP contribution in [0.5, 0.6) is 0 Å². The molecular formula is C15H14N4O2. The van der Waals surface area contributed by atoms with Crippen LogP contribution in [0.25, 0.3) is 0 Å². The Labute approximate surface area is 122 Å². The lowest BCUT2D eigenvalue weighted by atomic mass is 10.2. The summed E-state index contributed by atoms with van der Waals surface area (Å²) in [6.45, 7) is 1.83. The van der Waals surface area contributed by atoms with Crippen molar-refractivity contribution in [2.75, 3.05) is 16.2 Å². The van der Waals surface area contributed by atoms with Gasteiger partial charge in [-0.1, -0.05) is 12.1 Å². The highest BCUT2D eigenvalue weighted by atomic mass is 16.4. The van der Waals surface area contributed by atoms with Gasteiger partial charge in [0.05, 0.1) is 28.7 Å². The summed E-state index contributed by atoms with van der Waals surface area (Å²) in [6, 6.07) is 13.5. The van der Waals surface area contributed by atoms with Gasteiger partial charge in [-0.2, -0.15) is 10.3 Å². The maximum Gasteiger partial charge on any atom is 0.430 e. The van der Waals surface area contributed by atoms with Crippen LogP contribution in [0.2, 0.25) is 0 Å². The monoisotopic (exact) mass is 282 g/mol. The summed E-state index contributed by atoms with van der Waals surface area (Å²) in [5.74, 6) is 0. The van der Waals surface area contributed by atoms with Crippen molar-refractivity contribution < 1.29 is 9.90 Å². The van der Waals surface area contributed by atoms with Crippen molar-refractivity contribution in [2.45, 2.75) is 6.92 Å². The van der Waals surface area contributed by atoms with Crippen molar-refractivity contribution in [3.63, 3.8) is 0 Å². The first-order chi connectivity index (χ1) is 10.0. The Morgan fingerprint density at radius 3 is 2.48 bits per heavy atom. The molecule has 0 aliphatic carbocycles. The van der Waals surface area contributed by atoms with Crippen molar-refractivity contribution in [3.05, 3.63) is 53.6 Å². The number of carbonyl (C=O) groups is 1. The maximum absolute atomic E-state index is 11.4. The Kier molecular flexibility index (Phi) is 3.95. The number of nitriles is 1. The van der Waals surface area contributed by atoms with Gasteiger partial charge in [0.25, 0.3) is 0 Å². The van der Waals surface area contributed by atoms with E-state index in [0.29, 0.717) is 22.6 Å². The van der Waals surface area contributed by atoms with Crippen molar-refractivity contribution in [3.8, 4) is 6.07 Å². The molecule has 0 atom stereocenters. The highest BCUT2D eigenvalue weighted by Gasteiger charge is 2.16. The normalized spacial score (nSPS) is 9.71. The zero-order valence-electron chi connectivity index (χ0n) is 11.4. The molecule has 0 saturated carbocycles. The third-order valence-electron chi connectivity index (χ3n) is 2.97. The van der Waals surface area contributed by atoms with E-state index in [2.05, 4.69) is 5.43 Å². The van der Waals surface area contributed by atoms with Gasteiger partial charge < -0.3 is 10.8 Å². The van der Waals surface area contributed by atoms with Crippen LogP contribution in [0, 0.1) is 18.3 Å². The molecule has 2 aromatic rings. The second kappa shape index (κ2) is 5.84. The zero-order valence-corrected chi connectivity index (χ0v) is 11.4. The fourth-order valence-electron chi connectivity index (χ4n) is 1.86. The summed E-state index contributed by atoms with van der Waals surface area (Å²) in [4.78, 5) is 11.4. The molecular weight excluding hydrogens is 268 g/mol. The number of nitrogens with one attached hydrogen (secondary N) is 1. The van der Waals surface area contributed by atoms with Crippen molar-refractivity contribution in [2.24, 2.45) is 0 Å². The Balaban J connectivity index is 2.36. The number of amides is 1. The third-order valence-corrected chi connectivity index (χ3v) is 2.97. The predicted molar refractivity (Wildman–Crippen MR) is 80.9 cm³/mol. The molecule has 0 spiro atoms.